The lowest BCUT2D eigenvalue weighted by atomic mass is 10.2. The summed E-state index contributed by atoms with van der Waals surface area (Å²) in [6.45, 7) is 1.43. The molecule has 14 heteroatoms. The zero-order chi connectivity index (χ0) is 22.5. The van der Waals surface area contributed by atoms with Gasteiger partial charge in [-0.3, -0.25) is 0 Å². The summed E-state index contributed by atoms with van der Waals surface area (Å²) in [4.78, 5) is 7.94. The maximum Gasteiger partial charge on any atom is 0.459 e. The summed E-state index contributed by atoms with van der Waals surface area (Å²) >= 11 is 0. The number of imidazole rings is 1. The van der Waals surface area contributed by atoms with E-state index in [4.69, 9.17) is 0 Å². The van der Waals surface area contributed by atoms with Gasteiger partial charge >= 0.3 is 12.1 Å². The molecule has 0 bridgehead atoms. The van der Waals surface area contributed by atoms with Crippen LogP contribution in [0.25, 0.3) is 22.7 Å². The van der Waals surface area contributed by atoms with Crippen LogP contribution in [0.15, 0.2) is 23.2 Å². The van der Waals surface area contributed by atoms with Crippen molar-refractivity contribution in [3.63, 3.8) is 0 Å². The zero-order valence-electron chi connectivity index (χ0n) is 15.8. The summed E-state index contributed by atoms with van der Waals surface area (Å²) in [5.41, 5.74) is -1.75. The van der Waals surface area contributed by atoms with Gasteiger partial charge in [-0.2, -0.15) is 22.0 Å². The van der Waals surface area contributed by atoms with Gasteiger partial charge in [-0.1, -0.05) is 6.92 Å². The number of anilines is 1. The van der Waals surface area contributed by atoms with Crippen molar-refractivity contribution in [2.45, 2.75) is 23.9 Å². The Hall–Kier alpha value is -2.90. The Labute approximate surface area is 167 Å². The Morgan fingerprint density at radius 2 is 1.80 bits per heavy atom. The molecule has 0 aromatic carbocycles. The lowest BCUT2D eigenvalue weighted by Gasteiger charge is -2.17. The molecule has 3 rings (SSSR count). The Balaban J connectivity index is 2.25. The monoisotopic (exact) mass is 450 g/mol. The van der Waals surface area contributed by atoms with Crippen molar-refractivity contribution in [3.8, 4) is 11.5 Å². The van der Waals surface area contributed by atoms with Gasteiger partial charge in [-0.25, -0.2) is 18.4 Å². The first-order valence-electron chi connectivity index (χ1n) is 8.39. The molecule has 0 amide bonds. The quantitative estimate of drug-likeness (QED) is 0.597. The second-order valence-corrected chi connectivity index (χ2v) is 8.48. The molecule has 0 unspecified atom stereocenters. The molecule has 1 N–H and O–H groups in total. The summed E-state index contributed by atoms with van der Waals surface area (Å²) in [6, 6.07) is 1.80. The SMILES string of the molecule is CCS(=O)(=O)c1cc(NC)cnc1-c1nc2cc(C(F)(F)C(F)(F)F)nnc2n1C. The number of nitrogens with one attached hydrogen (secondary N) is 1. The summed E-state index contributed by atoms with van der Waals surface area (Å²) in [5.74, 6) is -5.56. The number of alkyl halides is 5. The van der Waals surface area contributed by atoms with Crippen molar-refractivity contribution in [2.24, 2.45) is 7.05 Å². The lowest BCUT2D eigenvalue weighted by molar-refractivity contribution is -0.291. The highest BCUT2D eigenvalue weighted by atomic mass is 32.2. The average Bonchev–Trinajstić information content (AvgIpc) is 3.02. The third-order valence-corrected chi connectivity index (χ3v) is 6.10. The van der Waals surface area contributed by atoms with E-state index in [0.717, 1.165) is 0 Å². The van der Waals surface area contributed by atoms with E-state index in [-0.39, 0.29) is 33.3 Å². The van der Waals surface area contributed by atoms with E-state index >= 15 is 0 Å². The van der Waals surface area contributed by atoms with Gasteiger partial charge in [0.05, 0.1) is 22.5 Å². The van der Waals surface area contributed by atoms with E-state index in [9.17, 15) is 30.4 Å². The molecule has 3 aromatic heterocycles. The first-order chi connectivity index (χ1) is 13.8. The first-order valence-corrected chi connectivity index (χ1v) is 10.0. The van der Waals surface area contributed by atoms with E-state index in [0.29, 0.717) is 11.8 Å². The molecular weight excluding hydrogens is 435 g/mol. The van der Waals surface area contributed by atoms with E-state index in [1.54, 1.807) is 7.05 Å². The Morgan fingerprint density at radius 3 is 2.37 bits per heavy atom. The molecule has 30 heavy (non-hydrogen) atoms. The maximum absolute atomic E-state index is 13.6. The van der Waals surface area contributed by atoms with Gasteiger partial charge in [0.2, 0.25) is 0 Å². The molecule has 0 fully saturated rings. The number of hydrogen-bond acceptors (Lipinski definition) is 7. The van der Waals surface area contributed by atoms with Gasteiger partial charge < -0.3 is 9.88 Å². The van der Waals surface area contributed by atoms with Crippen molar-refractivity contribution in [3.05, 3.63) is 24.0 Å². The van der Waals surface area contributed by atoms with Crippen LogP contribution >= 0.6 is 0 Å². The number of sulfone groups is 1. The molecule has 0 aliphatic rings. The Bertz CT molecular complexity index is 1220. The largest absolute Gasteiger partial charge is 0.459 e. The number of pyridine rings is 1. The fourth-order valence-corrected chi connectivity index (χ4v) is 3.69. The highest BCUT2D eigenvalue weighted by Crippen LogP contribution is 2.43. The maximum atomic E-state index is 13.6. The minimum atomic E-state index is -5.86. The van der Waals surface area contributed by atoms with Crippen LogP contribution in [0.1, 0.15) is 12.6 Å². The van der Waals surface area contributed by atoms with E-state index in [1.807, 2.05) is 0 Å². The number of aromatic nitrogens is 5. The van der Waals surface area contributed by atoms with Crippen LogP contribution < -0.4 is 5.32 Å². The minimum Gasteiger partial charge on any atom is -0.387 e. The topological polar surface area (TPSA) is 103 Å². The molecule has 0 aliphatic carbocycles. The summed E-state index contributed by atoms with van der Waals surface area (Å²) in [7, 11) is -0.828. The second-order valence-electron chi connectivity index (χ2n) is 6.23. The normalized spacial score (nSPS) is 13.1. The van der Waals surface area contributed by atoms with Crippen LogP contribution in [0, 0.1) is 0 Å². The highest BCUT2D eigenvalue weighted by Gasteiger charge is 2.60. The smallest absolute Gasteiger partial charge is 0.387 e. The van der Waals surface area contributed by atoms with E-state index < -0.39 is 27.6 Å². The molecular formula is C16H15F5N6O2S. The Morgan fingerprint density at radius 1 is 1.13 bits per heavy atom. The van der Waals surface area contributed by atoms with Gasteiger partial charge in [-0.15, -0.1) is 10.2 Å². The highest BCUT2D eigenvalue weighted by molar-refractivity contribution is 7.91. The molecule has 0 aliphatic heterocycles. The number of aryl methyl sites for hydroxylation is 1. The Kier molecular flexibility index (Phi) is 5.16. The van der Waals surface area contributed by atoms with Gasteiger partial charge in [0.15, 0.2) is 21.3 Å². The van der Waals surface area contributed by atoms with Crippen LogP contribution in [0.4, 0.5) is 27.6 Å². The van der Waals surface area contributed by atoms with Crippen molar-refractivity contribution in [1.82, 2.24) is 24.7 Å². The van der Waals surface area contributed by atoms with Crippen molar-refractivity contribution in [2.75, 3.05) is 18.1 Å². The van der Waals surface area contributed by atoms with Crippen LogP contribution in [0.5, 0.6) is 0 Å². The summed E-state index contributed by atoms with van der Waals surface area (Å²) in [5, 5.41) is 9.19. The van der Waals surface area contributed by atoms with Crippen LogP contribution in [-0.2, 0) is 22.8 Å². The zero-order valence-corrected chi connectivity index (χ0v) is 16.6. The van der Waals surface area contributed by atoms with Gasteiger partial charge in [0.1, 0.15) is 16.9 Å². The second kappa shape index (κ2) is 7.11. The van der Waals surface area contributed by atoms with Crippen molar-refractivity contribution in [1.29, 1.82) is 0 Å². The predicted molar refractivity (Wildman–Crippen MR) is 96.8 cm³/mol. The molecule has 162 valence electrons. The van der Waals surface area contributed by atoms with E-state index in [2.05, 4.69) is 25.5 Å². The number of hydrogen-bond donors (Lipinski definition) is 1. The van der Waals surface area contributed by atoms with Crippen LogP contribution in [-0.4, -0.2) is 52.1 Å². The van der Waals surface area contributed by atoms with Crippen LogP contribution in [0.3, 0.4) is 0 Å². The summed E-state index contributed by atoms with van der Waals surface area (Å²) in [6.07, 6.45) is -4.53. The molecule has 0 saturated carbocycles. The first kappa shape index (κ1) is 21.8. The molecule has 8 nitrogen and oxygen atoms in total. The van der Waals surface area contributed by atoms with Crippen molar-refractivity contribution >= 4 is 26.7 Å². The minimum absolute atomic E-state index is 0.0820. The fraction of sp³-hybridized carbons (Fsp3) is 0.375. The molecule has 0 radical (unpaired) electrons. The van der Waals surface area contributed by atoms with Crippen molar-refractivity contribution < 1.29 is 30.4 Å². The summed E-state index contributed by atoms with van der Waals surface area (Å²) < 4.78 is 91.4. The van der Waals surface area contributed by atoms with Gasteiger partial charge in [0.25, 0.3) is 0 Å². The lowest BCUT2D eigenvalue weighted by Crippen LogP contribution is -2.34. The average molecular weight is 450 g/mol. The predicted octanol–water partition coefficient (Wildman–Crippen LogP) is 2.91. The van der Waals surface area contributed by atoms with Gasteiger partial charge in [0, 0.05) is 14.1 Å². The van der Waals surface area contributed by atoms with Gasteiger partial charge in [-0.05, 0) is 12.1 Å². The molecule has 3 heterocycles. The molecule has 0 spiro atoms. The third-order valence-electron chi connectivity index (χ3n) is 4.36. The number of nitrogens with zero attached hydrogens (tertiary/aromatic N) is 5. The fourth-order valence-electron chi connectivity index (χ4n) is 2.64. The number of rotatable bonds is 5. The standard InChI is InChI=1S/C16H15F5N6O2S/c1-4-30(28,29)10-5-8(22-2)7-23-12(10)14-24-9-6-11(15(17,18)16(19,20)21)25-26-13(9)27(14)3/h5-7,22H,4H2,1-3H3. The molecule has 0 saturated heterocycles. The molecule has 0 atom stereocenters. The third kappa shape index (κ3) is 3.44. The number of halogens is 5. The van der Waals surface area contributed by atoms with Crippen LogP contribution in [0.2, 0.25) is 0 Å². The van der Waals surface area contributed by atoms with E-state index in [1.165, 1.54) is 30.8 Å². The number of fused-ring (bicyclic) bond motifs is 1. The molecule has 3 aromatic rings.